The van der Waals surface area contributed by atoms with Gasteiger partial charge < -0.3 is 9.14 Å². The molecule has 0 amide bonds. The first-order valence-electron chi connectivity index (χ1n) is 3.22. The van der Waals surface area contributed by atoms with Crippen molar-refractivity contribution in [3.8, 4) is 5.88 Å². The molecule has 0 aromatic carbocycles. The fourth-order valence-corrected chi connectivity index (χ4v) is 0.985. The van der Waals surface area contributed by atoms with Crippen LogP contribution in [0.25, 0.3) is 5.52 Å². The molecular weight excluding hydrogens is 142 g/mol. The summed E-state index contributed by atoms with van der Waals surface area (Å²) in [5.41, 5.74) is 0.884. The highest BCUT2D eigenvalue weighted by atomic mass is 16.5. The molecule has 0 aliphatic heterocycles. The molecule has 0 spiro atoms. The van der Waals surface area contributed by atoms with Crippen LogP contribution in [0.15, 0.2) is 24.9 Å². The SMILES string of the molecule is COc1nccn2cncc12. The van der Waals surface area contributed by atoms with Crippen molar-refractivity contribution in [3.05, 3.63) is 24.9 Å². The fourth-order valence-electron chi connectivity index (χ4n) is 0.985. The first-order chi connectivity index (χ1) is 5.42. The Bertz CT molecular complexity index is 368. The lowest BCUT2D eigenvalue weighted by atomic mass is 10.5. The van der Waals surface area contributed by atoms with Crippen LogP contribution < -0.4 is 4.74 Å². The molecule has 0 N–H and O–H groups in total. The van der Waals surface area contributed by atoms with Crippen LogP contribution in [0, 0.1) is 0 Å². The summed E-state index contributed by atoms with van der Waals surface area (Å²) in [6.45, 7) is 0. The minimum atomic E-state index is 0.602. The maximum absolute atomic E-state index is 5.01. The second kappa shape index (κ2) is 2.23. The molecule has 0 atom stereocenters. The van der Waals surface area contributed by atoms with Crippen molar-refractivity contribution in [1.82, 2.24) is 14.4 Å². The zero-order valence-electron chi connectivity index (χ0n) is 6.06. The van der Waals surface area contributed by atoms with Crippen LogP contribution in [0.2, 0.25) is 0 Å². The van der Waals surface area contributed by atoms with E-state index in [0.29, 0.717) is 5.88 Å². The summed E-state index contributed by atoms with van der Waals surface area (Å²) in [6, 6.07) is 0. The van der Waals surface area contributed by atoms with Crippen LogP contribution >= 0.6 is 0 Å². The lowest BCUT2D eigenvalue weighted by Gasteiger charge is -1.98. The normalized spacial score (nSPS) is 10.3. The molecular formula is C7H7N3O. The number of imidazole rings is 1. The van der Waals surface area contributed by atoms with E-state index in [4.69, 9.17) is 4.74 Å². The third kappa shape index (κ3) is 0.832. The van der Waals surface area contributed by atoms with E-state index >= 15 is 0 Å². The van der Waals surface area contributed by atoms with Crippen LogP contribution in [0.5, 0.6) is 5.88 Å². The largest absolute Gasteiger partial charge is 0.479 e. The summed E-state index contributed by atoms with van der Waals surface area (Å²) in [5.74, 6) is 0.602. The number of methoxy groups -OCH3 is 1. The van der Waals surface area contributed by atoms with Gasteiger partial charge in [-0.2, -0.15) is 0 Å². The average Bonchev–Trinajstić information content (AvgIpc) is 2.50. The lowest BCUT2D eigenvalue weighted by molar-refractivity contribution is 0.401. The van der Waals surface area contributed by atoms with Crippen LogP contribution in [0.4, 0.5) is 0 Å². The summed E-state index contributed by atoms with van der Waals surface area (Å²) in [7, 11) is 1.59. The van der Waals surface area contributed by atoms with Crippen molar-refractivity contribution in [3.63, 3.8) is 0 Å². The molecule has 0 unspecified atom stereocenters. The van der Waals surface area contributed by atoms with E-state index in [2.05, 4.69) is 9.97 Å². The van der Waals surface area contributed by atoms with Gasteiger partial charge in [-0.3, -0.25) is 0 Å². The second-order valence-electron chi connectivity index (χ2n) is 2.12. The highest BCUT2D eigenvalue weighted by Gasteiger charge is 1.99. The van der Waals surface area contributed by atoms with Crippen molar-refractivity contribution in [2.75, 3.05) is 7.11 Å². The molecule has 0 saturated carbocycles. The number of nitrogens with zero attached hydrogens (tertiary/aromatic N) is 3. The van der Waals surface area contributed by atoms with Crippen molar-refractivity contribution < 1.29 is 4.74 Å². The molecule has 0 bridgehead atoms. The van der Waals surface area contributed by atoms with Gasteiger partial charge in [-0.1, -0.05) is 0 Å². The van der Waals surface area contributed by atoms with Gasteiger partial charge in [0, 0.05) is 12.4 Å². The van der Waals surface area contributed by atoms with E-state index in [1.54, 1.807) is 25.8 Å². The summed E-state index contributed by atoms with van der Waals surface area (Å²) < 4.78 is 6.87. The number of rotatable bonds is 1. The number of hydrogen-bond acceptors (Lipinski definition) is 3. The third-order valence-corrected chi connectivity index (χ3v) is 1.50. The number of hydrogen-bond donors (Lipinski definition) is 0. The molecule has 11 heavy (non-hydrogen) atoms. The Hall–Kier alpha value is -1.58. The Morgan fingerprint density at radius 3 is 3.27 bits per heavy atom. The van der Waals surface area contributed by atoms with Gasteiger partial charge in [0.25, 0.3) is 0 Å². The van der Waals surface area contributed by atoms with E-state index in [9.17, 15) is 0 Å². The van der Waals surface area contributed by atoms with E-state index in [1.807, 2.05) is 10.6 Å². The molecule has 0 fully saturated rings. The van der Waals surface area contributed by atoms with Gasteiger partial charge in [-0.05, 0) is 0 Å². The maximum Gasteiger partial charge on any atom is 0.239 e. The van der Waals surface area contributed by atoms with Crippen molar-refractivity contribution >= 4 is 5.52 Å². The molecule has 4 nitrogen and oxygen atoms in total. The minimum absolute atomic E-state index is 0.602. The fraction of sp³-hybridized carbons (Fsp3) is 0.143. The zero-order chi connectivity index (χ0) is 7.68. The topological polar surface area (TPSA) is 39.4 Å². The summed E-state index contributed by atoms with van der Waals surface area (Å²) in [6.07, 6.45) is 6.92. The van der Waals surface area contributed by atoms with E-state index in [-0.39, 0.29) is 0 Å². The Labute approximate surface area is 63.5 Å². The van der Waals surface area contributed by atoms with E-state index < -0.39 is 0 Å². The van der Waals surface area contributed by atoms with Gasteiger partial charge in [0.2, 0.25) is 5.88 Å². The second-order valence-corrected chi connectivity index (χ2v) is 2.12. The van der Waals surface area contributed by atoms with Crippen LogP contribution in [0.3, 0.4) is 0 Å². The summed E-state index contributed by atoms with van der Waals surface area (Å²) in [5, 5.41) is 0. The van der Waals surface area contributed by atoms with Gasteiger partial charge in [0.05, 0.1) is 19.6 Å². The van der Waals surface area contributed by atoms with Crippen molar-refractivity contribution in [1.29, 1.82) is 0 Å². The predicted molar refractivity (Wildman–Crippen MR) is 39.5 cm³/mol. The van der Waals surface area contributed by atoms with E-state index in [0.717, 1.165) is 5.52 Å². The van der Waals surface area contributed by atoms with Gasteiger partial charge in [-0.25, -0.2) is 9.97 Å². The first-order valence-corrected chi connectivity index (χ1v) is 3.22. The molecule has 0 radical (unpaired) electrons. The lowest BCUT2D eigenvalue weighted by Crippen LogP contribution is -1.90. The summed E-state index contributed by atoms with van der Waals surface area (Å²) in [4.78, 5) is 7.97. The quantitative estimate of drug-likeness (QED) is 0.600. The molecule has 0 aliphatic carbocycles. The zero-order valence-corrected chi connectivity index (χ0v) is 6.06. The molecule has 2 rings (SSSR count). The van der Waals surface area contributed by atoms with Crippen LogP contribution in [0.1, 0.15) is 0 Å². The third-order valence-electron chi connectivity index (χ3n) is 1.50. The van der Waals surface area contributed by atoms with Crippen molar-refractivity contribution in [2.45, 2.75) is 0 Å². The molecule has 2 aromatic heterocycles. The van der Waals surface area contributed by atoms with Crippen LogP contribution in [-0.2, 0) is 0 Å². The monoisotopic (exact) mass is 149 g/mol. The Balaban J connectivity index is 2.79. The first kappa shape index (κ1) is 6.15. The molecule has 56 valence electrons. The van der Waals surface area contributed by atoms with Crippen LogP contribution in [-0.4, -0.2) is 21.5 Å². The number of fused-ring (bicyclic) bond motifs is 1. The number of aromatic nitrogens is 3. The minimum Gasteiger partial charge on any atom is -0.479 e. The highest BCUT2D eigenvalue weighted by Crippen LogP contribution is 2.13. The molecule has 4 heteroatoms. The van der Waals surface area contributed by atoms with E-state index in [1.165, 1.54) is 0 Å². The maximum atomic E-state index is 5.01. The average molecular weight is 149 g/mol. The molecule has 2 heterocycles. The smallest absolute Gasteiger partial charge is 0.239 e. The Kier molecular flexibility index (Phi) is 1.25. The Morgan fingerprint density at radius 1 is 1.55 bits per heavy atom. The van der Waals surface area contributed by atoms with Crippen molar-refractivity contribution in [2.24, 2.45) is 0 Å². The summed E-state index contributed by atoms with van der Waals surface area (Å²) >= 11 is 0. The number of ether oxygens (including phenoxy) is 1. The van der Waals surface area contributed by atoms with Gasteiger partial charge in [0.15, 0.2) is 0 Å². The molecule has 2 aromatic rings. The van der Waals surface area contributed by atoms with Gasteiger partial charge >= 0.3 is 0 Å². The standard InChI is InChI=1S/C7H7N3O/c1-11-7-6-4-8-5-10(6)3-2-9-7/h2-5H,1H3. The van der Waals surface area contributed by atoms with Gasteiger partial charge in [-0.15, -0.1) is 0 Å². The van der Waals surface area contributed by atoms with Gasteiger partial charge in [0.1, 0.15) is 5.52 Å². The predicted octanol–water partition coefficient (Wildman–Crippen LogP) is 0.738. The highest BCUT2D eigenvalue weighted by molar-refractivity contribution is 5.53. The Morgan fingerprint density at radius 2 is 2.45 bits per heavy atom. The molecule has 0 saturated heterocycles. The molecule has 0 aliphatic rings.